The molecule has 1 saturated carbocycles. The van der Waals surface area contributed by atoms with E-state index in [1.165, 1.54) is 12.1 Å². The van der Waals surface area contributed by atoms with Crippen molar-refractivity contribution in [1.29, 1.82) is 0 Å². The van der Waals surface area contributed by atoms with Gasteiger partial charge in [-0.2, -0.15) is 0 Å². The Balaban J connectivity index is 2.21. The minimum Gasteiger partial charge on any atom is -0.377 e. The maximum Gasteiger partial charge on any atom is 0.150 e. The van der Waals surface area contributed by atoms with Crippen LogP contribution in [0, 0.1) is 17.0 Å². The molecule has 0 amide bonds. The van der Waals surface area contributed by atoms with Crippen LogP contribution in [0.5, 0.6) is 0 Å². The number of nitrogens with one attached hydrogen (secondary N) is 1. The molecular formula is C12H14BrF2N. The third-order valence-electron chi connectivity index (χ3n) is 3.45. The van der Waals surface area contributed by atoms with Gasteiger partial charge in [0.1, 0.15) is 17.3 Å². The minimum atomic E-state index is -0.553. The van der Waals surface area contributed by atoms with Crippen molar-refractivity contribution in [3.05, 3.63) is 28.2 Å². The summed E-state index contributed by atoms with van der Waals surface area (Å²) in [5.41, 5.74) is 0.162. The first-order chi connectivity index (χ1) is 7.42. The van der Waals surface area contributed by atoms with E-state index in [-0.39, 0.29) is 17.1 Å². The Morgan fingerprint density at radius 2 is 1.81 bits per heavy atom. The molecule has 16 heavy (non-hydrogen) atoms. The summed E-state index contributed by atoms with van der Waals surface area (Å²) in [6.07, 6.45) is 2.22. The number of benzene rings is 1. The summed E-state index contributed by atoms with van der Waals surface area (Å²) in [6, 6.07) is 2.62. The van der Waals surface area contributed by atoms with Gasteiger partial charge in [0, 0.05) is 10.5 Å². The van der Waals surface area contributed by atoms with Gasteiger partial charge in [-0.05, 0) is 37.3 Å². The SMILES string of the molecule is CC(Nc1c(F)cc(Br)cc1F)C1(C)CC1. The quantitative estimate of drug-likeness (QED) is 0.873. The third-order valence-corrected chi connectivity index (χ3v) is 3.91. The first kappa shape index (κ1) is 11.8. The lowest BCUT2D eigenvalue weighted by atomic mass is 10.0. The highest BCUT2D eigenvalue weighted by Crippen LogP contribution is 2.49. The van der Waals surface area contributed by atoms with E-state index in [0.717, 1.165) is 12.8 Å². The number of rotatable bonds is 3. The van der Waals surface area contributed by atoms with Crippen molar-refractivity contribution in [3.8, 4) is 0 Å². The van der Waals surface area contributed by atoms with Gasteiger partial charge in [-0.15, -0.1) is 0 Å². The maximum absolute atomic E-state index is 13.5. The molecule has 2 rings (SSSR count). The Morgan fingerprint density at radius 1 is 1.31 bits per heavy atom. The first-order valence-corrected chi connectivity index (χ1v) is 6.13. The van der Waals surface area contributed by atoms with Crippen molar-refractivity contribution in [2.24, 2.45) is 5.41 Å². The van der Waals surface area contributed by atoms with Crippen LogP contribution in [-0.4, -0.2) is 6.04 Å². The summed E-state index contributed by atoms with van der Waals surface area (Å²) < 4.78 is 27.5. The lowest BCUT2D eigenvalue weighted by molar-refractivity contribution is 0.484. The average molecular weight is 290 g/mol. The van der Waals surface area contributed by atoms with Gasteiger partial charge in [0.15, 0.2) is 0 Å². The molecule has 0 radical (unpaired) electrons. The molecule has 0 bridgehead atoms. The standard InChI is InChI=1S/C12H14BrF2N/c1-7(12(2)3-4-12)16-11-9(14)5-8(13)6-10(11)15/h5-7,16H,3-4H2,1-2H3. The number of halogens is 3. The Labute approximate surface area is 102 Å². The van der Waals surface area contributed by atoms with E-state index in [4.69, 9.17) is 0 Å². The summed E-state index contributed by atoms with van der Waals surface area (Å²) >= 11 is 3.06. The lowest BCUT2D eigenvalue weighted by Crippen LogP contribution is -2.26. The van der Waals surface area contributed by atoms with Crippen molar-refractivity contribution in [2.75, 3.05) is 5.32 Å². The molecule has 0 aliphatic heterocycles. The van der Waals surface area contributed by atoms with Gasteiger partial charge in [-0.1, -0.05) is 22.9 Å². The predicted molar refractivity (Wildman–Crippen MR) is 64.5 cm³/mol. The van der Waals surface area contributed by atoms with Crippen LogP contribution < -0.4 is 5.32 Å². The second-order valence-electron chi connectivity index (χ2n) is 4.76. The average Bonchev–Trinajstić information content (AvgIpc) is 2.91. The molecule has 1 nitrogen and oxygen atoms in total. The maximum atomic E-state index is 13.5. The van der Waals surface area contributed by atoms with Crippen molar-refractivity contribution in [3.63, 3.8) is 0 Å². The highest BCUT2D eigenvalue weighted by Gasteiger charge is 2.42. The van der Waals surface area contributed by atoms with Gasteiger partial charge in [-0.3, -0.25) is 0 Å². The largest absolute Gasteiger partial charge is 0.377 e. The fraction of sp³-hybridized carbons (Fsp3) is 0.500. The van der Waals surface area contributed by atoms with Crippen LogP contribution in [0.25, 0.3) is 0 Å². The fourth-order valence-corrected chi connectivity index (χ4v) is 2.10. The Hall–Kier alpha value is -0.640. The number of hydrogen-bond acceptors (Lipinski definition) is 1. The molecule has 1 N–H and O–H groups in total. The molecule has 0 spiro atoms. The van der Waals surface area contributed by atoms with Crippen LogP contribution in [0.3, 0.4) is 0 Å². The molecule has 0 heterocycles. The Bertz CT molecular complexity index is 392. The van der Waals surface area contributed by atoms with E-state index in [1.54, 1.807) is 0 Å². The van der Waals surface area contributed by atoms with Crippen molar-refractivity contribution in [1.82, 2.24) is 0 Å². The zero-order valence-electron chi connectivity index (χ0n) is 9.28. The van der Waals surface area contributed by atoms with Gasteiger partial charge in [0.05, 0.1) is 0 Å². The summed E-state index contributed by atoms with van der Waals surface area (Å²) in [5.74, 6) is -1.11. The Kier molecular flexibility index (Phi) is 2.95. The molecule has 1 aliphatic rings. The van der Waals surface area contributed by atoms with Gasteiger partial charge in [-0.25, -0.2) is 8.78 Å². The smallest absolute Gasteiger partial charge is 0.150 e. The summed E-state index contributed by atoms with van der Waals surface area (Å²) in [7, 11) is 0. The molecule has 1 unspecified atom stereocenters. The topological polar surface area (TPSA) is 12.0 Å². The van der Waals surface area contributed by atoms with Crippen LogP contribution >= 0.6 is 15.9 Å². The van der Waals surface area contributed by atoms with Crippen LogP contribution in [0.1, 0.15) is 26.7 Å². The molecule has 1 fully saturated rings. The van der Waals surface area contributed by atoms with E-state index < -0.39 is 11.6 Å². The third kappa shape index (κ3) is 2.21. The van der Waals surface area contributed by atoms with Crippen molar-refractivity contribution < 1.29 is 8.78 Å². The normalized spacial score (nSPS) is 19.3. The Morgan fingerprint density at radius 3 is 2.25 bits per heavy atom. The second kappa shape index (κ2) is 3.99. The number of hydrogen-bond donors (Lipinski definition) is 1. The highest BCUT2D eigenvalue weighted by molar-refractivity contribution is 9.10. The van der Waals surface area contributed by atoms with E-state index in [1.807, 2.05) is 6.92 Å². The van der Waals surface area contributed by atoms with Crippen LogP contribution in [-0.2, 0) is 0 Å². The monoisotopic (exact) mass is 289 g/mol. The zero-order chi connectivity index (χ0) is 11.9. The second-order valence-corrected chi connectivity index (χ2v) is 5.68. The van der Waals surface area contributed by atoms with Crippen molar-refractivity contribution in [2.45, 2.75) is 32.7 Å². The summed E-state index contributed by atoms with van der Waals surface area (Å²) in [5, 5.41) is 2.94. The van der Waals surface area contributed by atoms with Crippen LogP contribution in [0.2, 0.25) is 0 Å². The van der Waals surface area contributed by atoms with Crippen LogP contribution in [0.4, 0.5) is 14.5 Å². The first-order valence-electron chi connectivity index (χ1n) is 5.33. The summed E-state index contributed by atoms with van der Waals surface area (Å²) in [6.45, 7) is 4.09. The van der Waals surface area contributed by atoms with Gasteiger partial charge < -0.3 is 5.32 Å². The molecule has 88 valence electrons. The molecule has 4 heteroatoms. The fourth-order valence-electron chi connectivity index (χ4n) is 1.70. The molecule has 0 aromatic heterocycles. The van der Waals surface area contributed by atoms with Gasteiger partial charge in [0.25, 0.3) is 0 Å². The zero-order valence-corrected chi connectivity index (χ0v) is 10.9. The van der Waals surface area contributed by atoms with E-state index in [0.29, 0.717) is 4.47 Å². The minimum absolute atomic E-state index is 0.0242. The van der Waals surface area contributed by atoms with E-state index in [9.17, 15) is 8.78 Å². The van der Waals surface area contributed by atoms with E-state index in [2.05, 4.69) is 28.2 Å². The van der Waals surface area contributed by atoms with Gasteiger partial charge >= 0.3 is 0 Å². The number of anilines is 1. The molecule has 0 saturated heterocycles. The lowest BCUT2D eigenvalue weighted by Gasteiger charge is -2.22. The summed E-state index contributed by atoms with van der Waals surface area (Å²) in [4.78, 5) is 0. The van der Waals surface area contributed by atoms with Gasteiger partial charge in [0.2, 0.25) is 0 Å². The molecule has 1 aromatic carbocycles. The van der Waals surface area contributed by atoms with Crippen molar-refractivity contribution >= 4 is 21.6 Å². The van der Waals surface area contributed by atoms with E-state index >= 15 is 0 Å². The highest BCUT2D eigenvalue weighted by atomic mass is 79.9. The van der Waals surface area contributed by atoms with Crippen LogP contribution in [0.15, 0.2) is 16.6 Å². The molecular weight excluding hydrogens is 276 g/mol. The molecule has 1 aliphatic carbocycles. The molecule has 1 atom stereocenters. The molecule has 1 aromatic rings. The predicted octanol–water partition coefficient (Wildman–Crippen LogP) is 4.33.